The minimum atomic E-state index is -3.33. The zero-order valence-corrected chi connectivity index (χ0v) is 21.6. The van der Waals surface area contributed by atoms with Crippen LogP contribution in [0.4, 0.5) is 8.78 Å². The molecule has 14 heteroatoms. The molecule has 3 aliphatic rings. The molecule has 0 spiro atoms. The summed E-state index contributed by atoms with van der Waals surface area (Å²) in [5.41, 5.74) is -0.0611. The molecule has 4 heterocycles. The van der Waals surface area contributed by atoms with Gasteiger partial charge in [0.2, 0.25) is 5.91 Å². The summed E-state index contributed by atoms with van der Waals surface area (Å²) in [5.74, 6) is -5.51. The molecule has 0 bridgehead atoms. The highest BCUT2D eigenvalue weighted by Gasteiger charge is 2.60. The Morgan fingerprint density at radius 1 is 1.35 bits per heavy atom. The van der Waals surface area contributed by atoms with E-state index < -0.39 is 54.2 Å². The van der Waals surface area contributed by atoms with E-state index in [1.807, 2.05) is 12.3 Å². The number of carbonyl (C=O) groups is 3. The van der Waals surface area contributed by atoms with Gasteiger partial charge in [0.05, 0.1) is 36.7 Å². The normalized spacial score (nSPS) is 23.1. The minimum Gasteiger partial charge on any atom is -0.481 e. The van der Waals surface area contributed by atoms with Crippen LogP contribution in [-0.2, 0) is 19.1 Å². The Labute approximate surface area is 215 Å². The number of halogens is 2. The van der Waals surface area contributed by atoms with Crippen molar-refractivity contribution in [3.05, 3.63) is 27.4 Å². The number of likely N-dealkylation sites (tertiary alicyclic amines) is 1. The molecule has 1 amide bonds. The second kappa shape index (κ2) is 9.89. The highest BCUT2D eigenvalue weighted by Crippen LogP contribution is 2.40. The number of aryl methyl sites for hydroxylation is 1. The Balaban J connectivity index is 1.57. The van der Waals surface area contributed by atoms with E-state index in [0.717, 1.165) is 5.69 Å². The highest BCUT2D eigenvalue weighted by molar-refractivity contribution is 7.11. The average molecular weight is 539 g/mol. The van der Waals surface area contributed by atoms with Crippen molar-refractivity contribution in [1.82, 2.24) is 20.2 Å². The molecule has 11 nitrogen and oxygen atoms in total. The number of ether oxygens (including phenoxy) is 1. The fraction of sp³-hybridized carbons (Fsp3) is 0.565. The average Bonchev–Trinajstić information content (AvgIpc) is 3.50. The maximum Gasteiger partial charge on any atom is 0.337 e. The van der Waals surface area contributed by atoms with Gasteiger partial charge in [-0.1, -0.05) is 0 Å². The molecular formula is C23H28F2N6O5S. The molecule has 3 aliphatic heterocycles. The zero-order valence-electron chi connectivity index (χ0n) is 20.8. The molecule has 0 aliphatic carbocycles. The molecule has 1 aromatic rings. The van der Waals surface area contributed by atoms with Gasteiger partial charge in [-0.15, -0.1) is 11.3 Å². The number of nitrogens with one attached hydrogen (secondary N) is 1. The molecule has 1 saturated heterocycles. The number of aliphatic imine (C=N–C) groups is 1. The number of rotatable bonds is 8. The number of hydrogen-bond acceptors (Lipinski definition) is 10. The predicted octanol–water partition coefficient (Wildman–Crippen LogP) is 1.64. The number of hydrazone groups is 1. The summed E-state index contributed by atoms with van der Waals surface area (Å²) in [6, 6.07) is -2.52. The maximum atomic E-state index is 15.2. The number of hydrogen-bond donors (Lipinski definition) is 2. The van der Waals surface area contributed by atoms with E-state index in [1.54, 1.807) is 6.92 Å². The number of aliphatic carboxylic acids is 1. The molecule has 2 N–H and O–H groups in total. The lowest BCUT2D eigenvalue weighted by Crippen LogP contribution is -2.49. The first kappa shape index (κ1) is 26.8. The number of carboxylic acid groups (broad SMARTS) is 1. The van der Waals surface area contributed by atoms with Crippen LogP contribution in [0.15, 0.2) is 26.7 Å². The van der Waals surface area contributed by atoms with Gasteiger partial charge in [-0.05, 0) is 27.7 Å². The third-order valence-corrected chi connectivity index (χ3v) is 7.33. The summed E-state index contributed by atoms with van der Waals surface area (Å²) in [7, 11) is 0. The van der Waals surface area contributed by atoms with Gasteiger partial charge in [0.15, 0.2) is 10.8 Å². The Hall–Kier alpha value is -3.26. The van der Waals surface area contributed by atoms with E-state index in [1.165, 1.54) is 36.3 Å². The van der Waals surface area contributed by atoms with Crippen LogP contribution in [0.25, 0.3) is 0 Å². The second-order valence-electron chi connectivity index (χ2n) is 9.73. The molecule has 2 atom stereocenters. The molecule has 37 heavy (non-hydrogen) atoms. The third kappa shape index (κ3) is 5.25. The van der Waals surface area contributed by atoms with Crippen LogP contribution < -0.4 is 5.32 Å². The summed E-state index contributed by atoms with van der Waals surface area (Å²) in [4.78, 5) is 47.1. The van der Waals surface area contributed by atoms with E-state index in [2.05, 4.69) is 20.4 Å². The SMILES string of the molecule is CCOC(=O)C1=C(CN2CC(F)(F)C3C2C=NN3C(=O)CC(C)(C)C(=O)O)NC(c2nc(C)cs2)=NC1. The molecule has 0 radical (unpaired) electrons. The number of carboxylic acids is 1. The van der Waals surface area contributed by atoms with Crippen LogP contribution in [0.2, 0.25) is 0 Å². The number of fused-ring (bicyclic) bond motifs is 1. The van der Waals surface area contributed by atoms with Gasteiger partial charge in [0.25, 0.3) is 5.92 Å². The smallest absolute Gasteiger partial charge is 0.337 e. The first-order valence-corrected chi connectivity index (χ1v) is 12.6. The van der Waals surface area contributed by atoms with Crippen molar-refractivity contribution in [3.63, 3.8) is 0 Å². The van der Waals surface area contributed by atoms with E-state index in [4.69, 9.17) is 4.74 Å². The number of alkyl halides is 2. The Kier molecular flexibility index (Phi) is 7.16. The number of esters is 1. The summed E-state index contributed by atoms with van der Waals surface area (Å²) in [5, 5.41) is 19.5. The molecule has 0 aromatic carbocycles. The van der Waals surface area contributed by atoms with E-state index in [9.17, 15) is 19.5 Å². The first-order chi connectivity index (χ1) is 17.3. The molecule has 4 rings (SSSR count). The van der Waals surface area contributed by atoms with Gasteiger partial charge in [0.1, 0.15) is 6.04 Å². The van der Waals surface area contributed by atoms with Crippen LogP contribution in [0, 0.1) is 12.3 Å². The lowest BCUT2D eigenvalue weighted by Gasteiger charge is -2.28. The Bertz CT molecular complexity index is 1210. The summed E-state index contributed by atoms with van der Waals surface area (Å²) < 4.78 is 35.6. The van der Waals surface area contributed by atoms with Gasteiger partial charge in [-0.2, -0.15) is 5.10 Å². The number of nitrogens with zero attached hydrogens (tertiary/aromatic N) is 5. The largest absolute Gasteiger partial charge is 0.481 e. The predicted molar refractivity (Wildman–Crippen MR) is 131 cm³/mol. The minimum absolute atomic E-state index is 0.00354. The summed E-state index contributed by atoms with van der Waals surface area (Å²) >= 11 is 1.36. The van der Waals surface area contributed by atoms with Crippen molar-refractivity contribution in [2.75, 3.05) is 26.2 Å². The van der Waals surface area contributed by atoms with Crippen LogP contribution in [0.1, 0.15) is 37.9 Å². The number of carbonyl (C=O) groups excluding carboxylic acids is 2. The molecular weight excluding hydrogens is 510 g/mol. The van der Waals surface area contributed by atoms with E-state index in [-0.39, 0.29) is 25.3 Å². The van der Waals surface area contributed by atoms with Crippen LogP contribution >= 0.6 is 11.3 Å². The number of thiazole rings is 1. The quantitative estimate of drug-likeness (QED) is 0.477. The van der Waals surface area contributed by atoms with Gasteiger partial charge in [0, 0.05) is 36.0 Å². The summed E-state index contributed by atoms with van der Waals surface area (Å²) in [6.07, 6.45) is 0.787. The second-order valence-corrected chi connectivity index (χ2v) is 10.6. The molecule has 1 aromatic heterocycles. The molecule has 0 saturated carbocycles. The summed E-state index contributed by atoms with van der Waals surface area (Å²) in [6.45, 7) is 5.57. The zero-order chi connectivity index (χ0) is 27.1. The third-order valence-electron chi connectivity index (χ3n) is 6.36. The van der Waals surface area contributed by atoms with Crippen molar-refractivity contribution in [2.45, 2.75) is 52.1 Å². The topological polar surface area (TPSA) is 137 Å². The highest BCUT2D eigenvalue weighted by atomic mass is 32.1. The van der Waals surface area contributed by atoms with Crippen molar-refractivity contribution >= 4 is 41.2 Å². The van der Waals surface area contributed by atoms with Gasteiger partial charge >= 0.3 is 11.9 Å². The number of amidine groups is 1. The number of aromatic nitrogens is 1. The van der Waals surface area contributed by atoms with Crippen LogP contribution in [0.5, 0.6) is 0 Å². The fourth-order valence-electron chi connectivity index (χ4n) is 4.39. The Morgan fingerprint density at radius 3 is 2.70 bits per heavy atom. The van der Waals surface area contributed by atoms with Crippen molar-refractivity contribution < 1.29 is 33.0 Å². The van der Waals surface area contributed by atoms with Crippen molar-refractivity contribution in [3.8, 4) is 0 Å². The van der Waals surface area contributed by atoms with Gasteiger partial charge in [-0.25, -0.2) is 23.6 Å². The fourth-order valence-corrected chi connectivity index (χ4v) is 5.14. The van der Waals surface area contributed by atoms with Crippen molar-refractivity contribution in [2.24, 2.45) is 15.5 Å². The monoisotopic (exact) mass is 538 g/mol. The lowest BCUT2D eigenvalue weighted by atomic mass is 9.89. The molecule has 2 unspecified atom stereocenters. The van der Waals surface area contributed by atoms with Crippen molar-refractivity contribution in [1.29, 1.82) is 0 Å². The van der Waals surface area contributed by atoms with Crippen LogP contribution in [0.3, 0.4) is 0 Å². The van der Waals surface area contributed by atoms with Gasteiger partial charge < -0.3 is 15.2 Å². The van der Waals surface area contributed by atoms with E-state index in [0.29, 0.717) is 21.5 Å². The first-order valence-electron chi connectivity index (χ1n) is 11.7. The van der Waals surface area contributed by atoms with Crippen LogP contribution in [-0.4, -0.2) is 94.1 Å². The molecule has 1 fully saturated rings. The molecule has 200 valence electrons. The number of amides is 1. The standard InChI is InChI=1S/C23H28F2N6O5S/c1-5-36-20(33)13-7-26-18(19-28-12(2)10-37-19)29-14(13)9-30-11-23(24,25)17-15(30)8-27-31(17)16(32)6-22(3,4)21(34)35/h8,10,15,17H,5-7,9,11H2,1-4H3,(H,26,29)(H,34,35). The maximum absolute atomic E-state index is 15.2. The van der Waals surface area contributed by atoms with E-state index >= 15 is 8.78 Å². The van der Waals surface area contributed by atoms with Gasteiger partial charge in [-0.3, -0.25) is 19.5 Å². The Morgan fingerprint density at radius 2 is 2.08 bits per heavy atom. The lowest BCUT2D eigenvalue weighted by molar-refractivity contribution is -0.154.